The molecule has 8 heteroatoms. The van der Waals surface area contributed by atoms with Crippen LogP contribution in [-0.2, 0) is 4.74 Å². The Kier molecular flexibility index (Phi) is 6.40. The molecule has 0 radical (unpaired) electrons. The summed E-state index contributed by atoms with van der Waals surface area (Å²) in [6.45, 7) is 10.1. The van der Waals surface area contributed by atoms with Crippen molar-refractivity contribution in [1.82, 2.24) is 30.7 Å². The zero-order valence-corrected chi connectivity index (χ0v) is 13.3. The maximum atomic E-state index is 9.44. The smallest absolute Gasteiger partial charge is 0.102 e. The number of hydrogen-bond acceptors (Lipinski definition) is 8. The molecule has 22 heavy (non-hydrogen) atoms. The number of aliphatic hydroxyl groups excluding tert-OH is 1. The van der Waals surface area contributed by atoms with E-state index in [0.717, 1.165) is 59.0 Å². The fourth-order valence-corrected chi connectivity index (χ4v) is 3.38. The van der Waals surface area contributed by atoms with E-state index >= 15 is 0 Å². The summed E-state index contributed by atoms with van der Waals surface area (Å²) in [4.78, 5) is 6.80. The van der Waals surface area contributed by atoms with Crippen LogP contribution in [-0.4, -0.2) is 111 Å². The van der Waals surface area contributed by atoms with E-state index < -0.39 is 0 Å². The van der Waals surface area contributed by atoms with Crippen LogP contribution in [0.2, 0.25) is 0 Å². The minimum atomic E-state index is 0.132. The van der Waals surface area contributed by atoms with E-state index in [4.69, 9.17) is 4.74 Å². The standard InChI is InChI=1S/C14H30N6O2/c21-10-18-3-4-19-8-13(7-18)17-9-20(12-22-11-19)14-5-15-1-2-16-6-14/h13-17,21H,1-12H2. The lowest BCUT2D eigenvalue weighted by molar-refractivity contribution is -0.0385. The Bertz CT molecular complexity index is 326. The lowest BCUT2D eigenvalue weighted by atomic mass is 10.2. The fraction of sp³-hybridized carbons (Fsp3) is 1.00. The van der Waals surface area contributed by atoms with Crippen LogP contribution in [0.15, 0.2) is 0 Å². The van der Waals surface area contributed by atoms with Crippen LogP contribution in [0.1, 0.15) is 0 Å². The molecule has 2 atom stereocenters. The number of nitrogens with one attached hydrogen (secondary N) is 3. The minimum Gasteiger partial charge on any atom is -0.381 e. The first-order valence-electron chi connectivity index (χ1n) is 8.37. The fourth-order valence-electron chi connectivity index (χ4n) is 3.38. The van der Waals surface area contributed by atoms with Gasteiger partial charge in [-0.15, -0.1) is 0 Å². The van der Waals surface area contributed by atoms with Gasteiger partial charge in [0, 0.05) is 64.4 Å². The third kappa shape index (κ3) is 4.59. The lowest BCUT2D eigenvalue weighted by Gasteiger charge is -2.32. The molecule has 3 aliphatic rings. The van der Waals surface area contributed by atoms with E-state index in [1.807, 2.05) is 0 Å². The second kappa shape index (κ2) is 8.51. The van der Waals surface area contributed by atoms with Crippen molar-refractivity contribution in [2.45, 2.75) is 12.1 Å². The quantitative estimate of drug-likeness (QED) is 0.438. The predicted octanol–water partition coefficient (Wildman–Crippen LogP) is -2.72. The number of rotatable bonds is 2. The van der Waals surface area contributed by atoms with Crippen molar-refractivity contribution in [3.05, 3.63) is 0 Å². The predicted molar refractivity (Wildman–Crippen MR) is 84.2 cm³/mol. The summed E-state index contributed by atoms with van der Waals surface area (Å²) in [5.41, 5.74) is 0. The third-order valence-corrected chi connectivity index (χ3v) is 4.76. The van der Waals surface area contributed by atoms with Crippen LogP contribution in [0.4, 0.5) is 0 Å². The van der Waals surface area contributed by atoms with Crippen LogP contribution < -0.4 is 16.0 Å². The SMILES string of the molecule is OCN1CCN2COCN(C3CNCCNC3)CNC(C1)C2. The number of fused-ring (bicyclic) bond motifs is 2. The molecule has 0 spiro atoms. The summed E-state index contributed by atoms with van der Waals surface area (Å²) >= 11 is 0. The Hall–Kier alpha value is -0.320. The van der Waals surface area contributed by atoms with Crippen LogP contribution in [0.3, 0.4) is 0 Å². The Morgan fingerprint density at radius 3 is 2.64 bits per heavy atom. The molecule has 0 amide bonds. The van der Waals surface area contributed by atoms with Gasteiger partial charge in [0.05, 0.1) is 13.4 Å². The first-order valence-corrected chi connectivity index (χ1v) is 8.37. The van der Waals surface area contributed by atoms with Gasteiger partial charge in [0.15, 0.2) is 0 Å². The molecule has 2 bridgehead atoms. The molecule has 0 aliphatic carbocycles. The summed E-state index contributed by atoms with van der Waals surface area (Å²) in [7, 11) is 0. The molecule has 3 heterocycles. The molecule has 0 aromatic heterocycles. The molecule has 3 fully saturated rings. The monoisotopic (exact) mass is 314 g/mol. The number of ether oxygens (including phenoxy) is 1. The molecule has 0 aromatic rings. The van der Waals surface area contributed by atoms with E-state index in [-0.39, 0.29) is 6.73 Å². The number of hydrogen-bond donors (Lipinski definition) is 4. The topological polar surface area (TPSA) is 75.3 Å². The highest BCUT2D eigenvalue weighted by atomic mass is 16.5. The molecule has 0 saturated carbocycles. The zero-order valence-electron chi connectivity index (χ0n) is 13.3. The summed E-state index contributed by atoms with van der Waals surface area (Å²) in [6, 6.07) is 0.810. The van der Waals surface area contributed by atoms with E-state index in [1.165, 1.54) is 0 Å². The van der Waals surface area contributed by atoms with E-state index in [2.05, 4.69) is 30.7 Å². The van der Waals surface area contributed by atoms with Gasteiger partial charge >= 0.3 is 0 Å². The summed E-state index contributed by atoms with van der Waals surface area (Å²) < 4.78 is 5.95. The van der Waals surface area contributed by atoms with Gasteiger partial charge in [0.2, 0.25) is 0 Å². The van der Waals surface area contributed by atoms with Crippen LogP contribution in [0, 0.1) is 0 Å². The van der Waals surface area contributed by atoms with Crippen molar-refractivity contribution in [1.29, 1.82) is 0 Å². The van der Waals surface area contributed by atoms with E-state index in [0.29, 0.717) is 25.5 Å². The summed E-state index contributed by atoms with van der Waals surface area (Å²) in [6.07, 6.45) is 0. The van der Waals surface area contributed by atoms with E-state index in [1.54, 1.807) is 0 Å². The second-order valence-electron chi connectivity index (χ2n) is 6.47. The molecule has 128 valence electrons. The summed E-state index contributed by atoms with van der Waals surface area (Å²) in [5, 5.41) is 20.1. The van der Waals surface area contributed by atoms with E-state index in [9.17, 15) is 5.11 Å². The van der Waals surface area contributed by atoms with Crippen LogP contribution in [0.25, 0.3) is 0 Å². The zero-order chi connectivity index (χ0) is 15.2. The van der Waals surface area contributed by atoms with Gasteiger partial charge < -0.3 is 20.5 Å². The van der Waals surface area contributed by atoms with Gasteiger partial charge in [0.25, 0.3) is 0 Å². The lowest BCUT2D eigenvalue weighted by Crippen LogP contribution is -2.53. The summed E-state index contributed by atoms with van der Waals surface area (Å²) in [5.74, 6) is 0. The largest absolute Gasteiger partial charge is 0.381 e. The van der Waals surface area contributed by atoms with Crippen molar-refractivity contribution in [2.24, 2.45) is 0 Å². The average Bonchev–Trinajstić information content (AvgIpc) is 2.87. The first-order chi connectivity index (χ1) is 10.8. The Morgan fingerprint density at radius 2 is 1.86 bits per heavy atom. The van der Waals surface area contributed by atoms with Gasteiger partial charge in [0.1, 0.15) is 13.5 Å². The maximum Gasteiger partial charge on any atom is 0.102 e. The van der Waals surface area contributed by atoms with Gasteiger partial charge in [-0.25, -0.2) is 0 Å². The highest BCUT2D eigenvalue weighted by Gasteiger charge is 2.26. The Labute approximate surface area is 132 Å². The van der Waals surface area contributed by atoms with Crippen molar-refractivity contribution in [3.8, 4) is 0 Å². The molecular weight excluding hydrogens is 284 g/mol. The molecular formula is C14H30N6O2. The van der Waals surface area contributed by atoms with Gasteiger partial charge in [-0.1, -0.05) is 0 Å². The first kappa shape index (κ1) is 16.5. The Balaban J connectivity index is 1.60. The number of aliphatic hydroxyl groups is 1. The maximum absolute atomic E-state index is 9.44. The molecule has 4 N–H and O–H groups in total. The van der Waals surface area contributed by atoms with Gasteiger partial charge in [-0.2, -0.15) is 0 Å². The highest BCUT2D eigenvalue weighted by Crippen LogP contribution is 2.08. The van der Waals surface area contributed by atoms with Crippen LogP contribution >= 0.6 is 0 Å². The molecule has 3 rings (SSSR count). The minimum absolute atomic E-state index is 0.132. The third-order valence-electron chi connectivity index (χ3n) is 4.76. The van der Waals surface area contributed by atoms with Gasteiger partial charge in [-0.05, 0) is 0 Å². The molecule has 3 saturated heterocycles. The van der Waals surface area contributed by atoms with Crippen molar-refractivity contribution >= 4 is 0 Å². The highest BCUT2D eigenvalue weighted by molar-refractivity contribution is 4.83. The van der Waals surface area contributed by atoms with Crippen molar-refractivity contribution < 1.29 is 9.84 Å². The van der Waals surface area contributed by atoms with Gasteiger partial charge in [-0.3, -0.25) is 20.0 Å². The molecule has 0 aromatic carbocycles. The second-order valence-corrected chi connectivity index (χ2v) is 6.47. The van der Waals surface area contributed by atoms with Crippen molar-refractivity contribution in [2.75, 3.05) is 79.2 Å². The van der Waals surface area contributed by atoms with Crippen molar-refractivity contribution in [3.63, 3.8) is 0 Å². The molecule has 2 unspecified atom stereocenters. The molecule has 8 nitrogen and oxygen atoms in total. The Morgan fingerprint density at radius 1 is 1.05 bits per heavy atom. The normalized spacial score (nSPS) is 34.2. The number of nitrogens with zero attached hydrogens (tertiary/aromatic N) is 3. The van der Waals surface area contributed by atoms with Crippen LogP contribution in [0.5, 0.6) is 0 Å². The molecule has 3 aliphatic heterocycles. The average molecular weight is 314 g/mol.